The van der Waals surface area contributed by atoms with Gasteiger partial charge in [-0.15, -0.1) is 0 Å². The van der Waals surface area contributed by atoms with Gasteiger partial charge in [0.2, 0.25) is 10.0 Å². The van der Waals surface area contributed by atoms with Crippen LogP contribution in [0.25, 0.3) is 10.9 Å². The zero-order valence-electron chi connectivity index (χ0n) is 13.7. The summed E-state index contributed by atoms with van der Waals surface area (Å²) in [5.41, 5.74) is 2.49. The van der Waals surface area contributed by atoms with Crippen LogP contribution in [-0.4, -0.2) is 66.1 Å². The Bertz CT molecular complexity index is 867. The molecule has 0 radical (unpaired) electrons. The van der Waals surface area contributed by atoms with E-state index >= 15 is 0 Å². The number of benzene rings is 1. The summed E-state index contributed by atoms with van der Waals surface area (Å²) in [6, 6.07) is 6.84. The van der Waals surface area contributed by atoms with Gasteiger partial charge in [-0.25, -0.2) is 8.42 Å². The van der Waals surface area contributed by atoms with Crippen LogP contribution < -0.4 is 0 Å². The van der Waals surface area contributed by atoms with E-state index in [0.29, 0.717) is 26.2 Å². The van der Waals surface area contributed by atoms with Gasteiger partial charge in [-0.3, -0.25) is 9.69 Å². The summed E-state index contributed by atoms with van der Waals surface area (Å²) in [7, 11) is -3.24. The number of carboxylic acid groups (broad SMARTS) is 1. The van der Waals surface area contributed by atoms with Crippen molar-refractivity contribution in [3.63, 3.8) is 0 Å². The molecule has 1 aliphatic rings. The number of aryl methyl sites for hydroxylation is 1. The number of carbonyl (C=O) groups is 1. The van der Waals surface area contributed by atoms with Gasteiger partial charge in [-0.1, -0.05) is 18.2 Å². The number of piperazine rings is 1. The average Bonchev–Trinajstić information content (AvgIpc) is 2.83. The Labute approximate surface area is 140 Å². The standard InChI is InChI=1S/C16H21N3O4S/c1-11-14(12-5-3-4-6-13(12)17-11)15(16(20)21)18-7-9-19(10-8-18)24(2,22)23/h3-6,15,17H,7-10H2,1-2H3,(H,20,21). The highest BCUT2D eigenvalue weighted by Crippen LogP contribution is 2.32. The van der Waals surface area contributed by atoms with Crippen LogP contribution in [0.1, 0.15) is 17.3 Å². The predicted octanol–water partition coefficient (Wildman–Crippen LogP) is 1.18. The third-order valence-electron chi connectivity index (χ3n) is 4.56. The third-order valence-corrected chi connectivity index (χ3v) is 5.86. The molecule has 0 saturated carbocycles. The second-order valence-electron chi connectivity index (χ2n) is 6.15. The molecule has 1 aromatic heterocycles. The van der Waals surface area contributed by atoms with Crippen LogP contribution in [0.3, 0.4) is 0 Å². The minimum atomic E-state index is -3.24. The molecular weight excluding hydrogens is 330 g/mol. The van der Waals surface area contributed by atoms with Crippen LogP contribution in [0.4, 0.5) is 0 Å². The summed E-state index contributed by atoms with van der Waals surface area (Å²) >= 11 is 0. The first-order valence-corrected chi connectivity index (χ1v) is 9.63. The second kappa shape index (κ2) is 6.19. The lowest BCUT2D eigenvalue weighted by molar-refractivity contribution is -0.144. The van der Waals surface area contributed by atoms with Gasteiger partial charge in [0, 0.05) is 48.3 Å². The molecule has 130 valence electrons. The van der Waals surface area contributed by atoms with E-state index in [-0.39, 0.29) is 0 Å². The maximum absolute atomic E-state index is 12.0. The van der Waals surface area contributed by atoms with E-state index in [9.17, 15) is 18.3 Å². The molecule has 0 amide bonds. The molecule has 1 aromatic carbocycles. The predicted molar refractivity (Wildman–Crippen MR) is 91.4 cm³/mol. The fraction of sp³-hybridized carbons (Fsp3) is 0.438. The normalized spacial score (nSPS) is 18.8. The maximum Gasteiger partial charge on any atom is 0.325 e. The molecule has 1 saturated heterocycles. The maximum atomic E-state index is 12.0. The molecule has 1 atom stereocenters. The summed E-state index contributed by atoms with van der Waals surface area (Å²) in [5.74, 6) is -0.921. The highest BCUT2D eigenvalue weighted by atomic mass is 32.2. The molecule has 2 N–H and O–H groups in total. The number of nitrogens with one attached hydrogen (secondary N) is 1. The number of H-pyrrole nitrogens is 1. The second-order valence-corrected chi connectivity index (χ2v) is 8.13. The first kappa shape index (κ1) is 16.9. The van der Waals surface area contributed by atoms with E-state index in [2.05, 4.69) is 4.98 Å². The summed E-state index contributed by atoms with van der Waals surface area (Å²) in [5, 5.41) is 10.7. The van der Waals surface area contributed by atoms with Crippen molar-refractivity contribution >= 4 is 26.9 Å². The number of hydrogen-bond acceptors (Lipinski definition) is 4. The molecule has 2 aromatic rings. The minimum absolute atomic E-state index is 0.310. The van der Waals surface area contributed by atoms with E-state index in [1.807, 2.05) is 36.1 Å². The molecule has 0 bridgehead atoms. The van der Waals surface area contributed by atoms with Gasteiger partial charge in [0.15, 0.2) is 0 Å². The largest absolute Gasteiger partial charge is 0.480 e. The fourth-order valence-corrected chi connectivity index (χ4v) is 4.23. The molecule has 24 heavy (non-hydrogen) atoms. The van der Waals surface area contributed by atoms with Crippen LogP contribution in [0.5, 0.6) is 0 Å². The number of rotatable bonds is 4. The fourth-order valence-electron chi connectivity index (χ4n) is 3.41. The molecule has 2 heterocycles. The lowest BCUT2D eigenvalue weighted by Gasteiger charge is -2.36. The number of aromatic nitrogens is 1. The van der Waals surface area contributed by atoms with Crippen molar-refractivity contribution in [2.24, 2.45) is 0 Å². The lowest BCUT2D eigenvalue weighted by atomic mass is 10.0. The summed E-state index contributed by atoms with van der Waals surface area (Å²) in [6.07, 6.45) is 1.18. The SMILES string of the molecule is Cc1[nH]c2ccccc2c1C(C(=O)O)N1CCN(S(C)(=O)=O)CC1. The molecule has 3 rings (SSSR count). The van der Waals surface area contributed by atoms with Crippen molar-refractivity contribution in [1.82, 2.24) is 14.2 Å². The molecule has 0 spiro atoms. The molecule has 1 aliphatic heterocycles. The number of aromatic amines is 1. The molecule has 8 heteroatoms. The van der Waals surface area contributed by atoms with Crippen molar-refractivity contribution < 1.29 is 18.3 Å². The Hall–Kier alpha value is -1.90. The van der Waals surface area contributed by atoms with Crippen molar-refractivity contribution in [1.29, 1.82) is 0 Å². The zero-order valence-corrected chi connectivity index (χ0v) is 14.5. The first-order chi connectivity index (χ1) is 11.3. The smallest absolute Gasteiger partial charge is 0.325 e. The Morgan fingerprint density at radius 1 is 1.21 bits per heavy atom. The number of sulfonamides is 1. The first-order valence-electron chi connectivity index (χ1n) is 7.78. The Morgan fingerprint density at radius 2 is 1.83 bits per heavy atom. The number of hydrogen-bond donors (Lipinski definition) is 2. The topological polar surface area (TPSA) is 93.7 Å². The number of aliphatic carboxylic acids is 1. The Kier molecular flexibility index (Phi) is 4.37. The van der Waals surface area contributed by atoms with Gasteiger partial charge < -0.3 is 10.1 Å². The van der Waals surface area contributed by atoms with Crippen molar-refractivity contribution in [3.05, 3.63) is 35.5 Å². The Morgan fingerprint density at radius 3 is 2.42 bits per heavy atom. The lowest BCUT2D eigenvalue weighted by Crippen LogP contribution is -2.50. The third kappa shape index (κ3) is 3.04. The van der Waals surface area contributed by atoms with Crippen LogP contribution in [-0.2, 0) is 14.8 Å². The van der Waals surface area contributed by atoms with E-state index in [0.717, 1.165) is 22.2 Å². The number of fused-ring (bicyclic) bond motifs is 1. The van der Waals surface area contributed by atoms with Crippen LogP contribution >= 0.6 is 0 Å². The van der Waals surface area contributed by atoms with Crippen LogP contribution in [0.15, 0.2) is 24.3 Å². The van der Waals surface area contributed by atoms with Crippen molar-refractivity contribution in [2.75, 3.05) is 32.4 Å². The van der Waals surface area contributed by atoms with E-state index in [1.54, 1.807) is 0 Å². The number of para-hydroxylation sites is 1. The van der Waals surface area contributed by atoms with Gasteiger partial charge in [0.1, 0.15) is 6.04 Å². The molecule has 0 aliphatic carbocycles. The summed E-state index contributed by atoms with van der Waals surface area (Å²) in [4.78, 5) is 17.1. The molecule has 7 nitrogen and oxygen atoms in total. The Balaban J connectivity index is 1.94. The number of nitrogens with zero attached hydrogens (tertiary/aromatic N) is 2. The molecular formula is C16H21N3O4S. The van der Waals surface area contributed by atoms with Crippen LogP contribution in [0, 0.1) is 6.92 Å². The quantitative estimate of drug-likeness (QED) is 0.863. The molecule has 1 fully saturated rings. The van der Waals surface area contributed by atoms with Gasteiger partial charge in [0.25, 0.3) is 0 Å². The van der Waals surface area contributed by atoms with Gasteiger partial charge in [-0.2, -0.15) is 4.31 Å². The van der Waals surface area contributed by atoms with Crippen LogP contribution in [0.2, 0.25) is 0 Å². The minimum Gasteiger partial charge on any atom is -0.480 e. The van der Waals surface area contributed by atoms with E-state index in [4.69, 9.17) is 0 Å². The van der Waals surface area contributed by atoms with Gasteiger partial charge in [-0.05, 0) is 13.0 Å². The van der Waals surface area contributed by atoms with Gasteiger partial charge >= 0.3 is 5.97 Å². The van der Waals surface area contributed by atoms with Crippen molar-refractivity contribution in [3.8, 4) is 0 Å². The number of carboxylic acids is 1. The highest BCUT2D eigenvalue weighted by molar-refractivity contribution is 7.88. The average molecular weight is 351 g/mol. The molecule has 1 unspecified atom stereocenters. The summed E-state index contributed by atoms with van der Waals surface area (Å²) in [6.45, 7) is 3.28. The van der Waals surface area contributed by atoms with Gasteiger partial charge in [0.05, 0.1) is 6.26 Å². The highest BCUT2D eigenvalue weighted by Gasteiger charge is 2.34. The monoisotopic (exact) mass is 351 g/mol. The van der Waals surface area contributed by atoms with Crippen molar-refractivity contribution in [2.45, 2.75) is 13.0 Å². The van der Waals surface area contributed by atoms with E-state index in [1.165, 1.54) is 10.6 Å². The zero-order chi connectivity index (χ0) is 17.5. The summed E-state index contributed by atoms with van der Waals surface area (Å²) < 4.78 is 24.7. The van der Waals surface area contributed by atoms with E-state index < -0.39 is 22.0 Å².